The lowest BCUT2D eigenvalue weighted by atomic mass is 10.2. The number of nitrogen functional groups attached to an aromatic ring is 1. The predicted octanol–water partition coefficient (Wildman–Crippen LogP) is 4.04. The van der Waals surface area contributed by atoms with Gasteiger partial charge in [-0.15, -0.1) is 0 Å². The zero-order valence-corrected chi connectivity index (χ0v) is 14.8. The monoisotopic (exact) mass is 436 g/mol. The van der Waals surface area contributed by atoms with Gasteiger partial charge in [0.2, 0.25) is 0 Å². The van der Waals surface area contributed by atoms with Crippen molar-refractivity contribution in [3.05, 3.63) is 50.7 Å². The number of rotatable bonds is 3. The summed E-state index contributed by atoms with van der Waals surface area (Å²) in [7, 11) is -3.88. The topological polar surface area (TPSA) is 72.2 Å². The second kappa shape index (κ2) is 5.94. The summed E-state index contributed by atoms with van der Waals surface area (Å²) in [6.07, 6.45) is 0. The summed E-state index contributed by atoms with van der Waals surface area (Å²) >= 11 is 6.33. The van der Waals surface area contributed by atoms with E-state index in [1.807, 2.05) is 13.0 Å². The highest BCUT2D eigenvalue weighted by Crippen LogP contribution is 2.29. The number of aryl methyl sites for hydroxylation is 1. The molecule has 0 unspecified atom stereocenters. The Morgan fingerprint density at radius 1 is 1.14 bits per heavy atom. The van der Waals surface area contributed by atoms with Crippen molar-refractivity contribution in [1.82, 2.24) is 0 Å². The van der Waals surface area contributed by atoms with Crippen molar-refractivity contribution in [3.63, 3.8) is 0 Å². The Morgan fingerprint density at radius 2 is 1.81 bits per heavy atom. The summed E-state index contributed by atoms with van der Waals surface area (Å²) in [6.45, 7) is 1.84. The van der Waals surface area contributed by atoms with Crippen molar-refractivity contribution in [2.75, 3.05) is 10.5 Å². The quantitative estimate of drug-likeness (QED) is 0.711. The van der Waals surface area contributed by atoms with Gasteiger partial charge in [0.05, 0.1) is 11.4 Å². The summed E-state index contributed by atoms with van der Waals surface area (Å²) < 4.78 is 41.3. The minimum Gasteiger partial charge on any atom is -0.396 e. The first-order valence-corrected chi connectivity index (χ1v) is 8.80. The number of hydrogen-bond donors (Lipinski definition) is 2. The highest BCUT2D eigenvalue weighted by atomic mass is 79.9. The smallest absolute Gasteiger partial charge is 0.263 e. The van der Waals surface area contributed by atoms with Gasteiger partial charge in [-0.3, -0.25) is 4.72 Å². The van der Waals surface area contributed by atoms with Crippen LogP contribution in [0.2, 0.25) is 0 Å². The van der Waals surface area contributed by atoms with Crippen LogP contribution in [0.1, 0.15) is 5.56 Å². The average Bonchev–Trinajstić information content (AvgIpc) is 2.31. The number of sulfonamides is 1. The fraction of sp³-hybridized carbons (Fsp3) is 0.0769. The van der Waals surface area contributed by atoms with Gasteiger partial charge in [0.1, 0.15) is 10.7 Å². The van der Waals surface area contributed by atoms with Crippen LogP contribution in [-0.2, 0) is 10.0 Å². The van der Waals surface area contributed by atoms with Crippen LogP contribution in [0.4, 0.5) is 15.8 Å². The standard InChI is InChI=1S/C13H11Br2FN2O2S/c1-7-2-8(14)4-9(3-7)18-21(19,20)13-6-12(17)11(16)5-10(13)15/h2-6,18H,17H2,1H3. The molecule has 112 valence electrons. The fourth-order valence-electron chi connectivity index (χ4n) is 1.76. The van der Waals surface area contributed by atoms with Gasteiger partial charge in [-0.05, 0) is 58.7 Å². The molecule has 0 spiro atoms. The highest BCUT2D eigenvalue weighted by Gasteiger charge is 2.20. The number of hydrogen-bond acceptors (Lipinski definition) is 3. The lowest BCUT2D eigenvalue weighted by Crippen LogP contribution is -2.14. The first kappa shape index (κ1) is 16.3. The summed E-state index contributed by atoms with van der Waals surface area (Å²) in [4.78, 5) is -0.126. The Balaban J connectivity index is 2.45. The van der Waals surface area contributed by atoms with Crippen LogP contribution in [0.15, 0.2) is 44.2 Å². The van der Waals surface area contributed by atoms with E-state index in [1.165, 1.54) is 0 Å². The zero-order chi connectivity index (χ0) is 15.8. The van der Waals surface area contributed by atoms with E-state index < -0.39 is 15.8 Å². The van der Waals surface area contributed by atoms with Gasteiger partial charge in [-0.1, -0.05) is 15.9 Å². The molecule has 0 fully saturated rings. The Morgan fingerprint density at radius 3 is 2.43 bits per heavy atom. The van der Waals surface area contributed by atoms with Gasteiger partial charge in [0.15, 0.2) is 0 Å². The van der Waals surface area contributed by atoms with E-state index in [0.717, 1.165) is 22.2 Å². The third-order valence-corrected chi connectivity index (χ3v) is 5.43. The van der Waals surface area contributed by atoms with E-state index in [4.69, 9.17) is 5.73 Å². The van der Waals surface area contributed by atoms with E-state index in [1.54, 1.807) is 12.1 Å². The van der Waals surface area contributed by atoms with E-state index in [2.05, 4.69) is 36.6 Å². The molecular formula is C13H11Br2FN2O2S. The predicted molar refractivity (Wildman–Crippen MR) is 88.2 cm³/mol. The zero-order valence-electron chi connectivity index (χ0n) is 10.8. The van der Waals surface area contributed by atoms with Crippen LogP contribution < -0.4 is 10.5 Å². The Labute approximate surface area is 138 Å². The molecule has 2 rings (SSSR count). The Kier molecular flexibility index (Phi) is 4.60. The molecule has 0 saturated carbocycles. The molecule has 8 heteroatoms. The first-order valence-electron chi connectivity index (χ1n) is 5.73. The first-order chi connectivity index (χ1) is 9.69. The molecule has 0 radical (unpaired) electrons. The molecule has 0 aliphatic carbocycles. The molecule has 2 aromatic carbocycles. The molecule has 4 nitrogen and oxygen atoms in total. The van der Waals surface area contributed by atoms with Crippen molar-refractivity contribution >= 4 is 53.3 Å². The van der Waals surface area contributed by atoms with Crippen molar-refractivity contribution in [2.24, 2.45) is 0 Å². The molecule has 3 N–H and O–H groups in total. The van der Waals surface area contributed by atoms with Crippen molar-refractivity contribution in [2.45, 2.75) is 11.8 Å². The van der Waals surface area contributed by atoms with Crippen LogP contribution >= 0.6 is 31.9 Å². The molecule has 0 aliphatic heterocycles. The van der Waals surface area contributed by atoms with E-state index in [0.29, 0.717) is 5.69 Å². The van der Waals surface area contributed by atoms with E-state index in [9.17, 15) is 12.8 Å². The second-order valence-electron chi connectivity index (χ2n) is 4.43. The summed E-state index contributed by atoms with van der Waals surface area (Å²) in [6, 6.07) is 7.26. The SMILES string of the molecule is Cc1cc(Br)cc(NS(=O)(=O)c2cc(N)c(F)cc2Br)c1. The Bertz CT molecular complexity index is 790. The largest absolute Gasteiger partial charge is 0.396 e. The maximum Gasteiger partial charge on any atom is 0.263 e. The maximum absolute atomic E-state index is 13.3. The fourth-order valence-corrected chi connectivity index (χ4v) is 4.45. The van der Waals surface area contributed by atoms with Crippen molar-refractivity contribution in [1.29, 1.82) is 0 Å². The van der Waals surface area contributed by atoms with Gasteiger partial charge in [0, 0.05) is 8.95 Å². The maximum atomic E-state index is 13.3. The van der Waals surface area contributed by atoms with Crippen LogP contribution in [-0.4, -0.2) is 8.42 Å². The van der Waals surface area contributed by atoms with E-state index >= 15 is 0 Å². The van der Waals surface area contributed by atoms with Crippen LogP contribution in [0.3, 0.4) is 0 Å². The minimum absolute atomic E-state index is 0.105. The van der Waals surface area contributed by atoms with Crippen LogP contribution in [0.25, 0.3) is 0 Å². The number of anilines is 2. The Hall–Kier alpha value is -1.12. The summed E-state index contributed by atoms with van der Waals surface area (Å²) in [5.41, 5.74) is 6.49. The molecule has 0 heterocycles. The molecule has 0 amide bonds. The lowest BCUT2D eigenvalue weighted by molar-refractivity contribution is 0.599. The van der Waals surface area contributed by atoms with Crippen LogP contribution in [0.5, 0.6) is 0 Å². The molecule has 0 bridgehead atoms. The summed E-state index contributed by atoms with van der Waals surface area (Å²) in [5.74, 6) is -0.681. The summed E-state index contributed by atoms with van der Waals surface area (Å²) in [5, 5.41) is 0. The molecule has 2 aromatic rings. The normalized spacial score (nSPS) is 11.4. The third-order valence-electron chi connectivity index (χ3n) is 2.64. The number of nitrogens with one attached hydrogen (secondary N) is 1. The molecule has 0 saturated heterocycles. The highest BCUT2D eigenvalue weighted by molar-refractivity contribution is 9.10. The number of halogens is 3. The van der Waals surface area contributed by atoms with Gasteiger partial charge in [0.25, 0.3) is 10.0 Å². The molecule has 0 aromatic heterocycles. The number of benzene rings is 2. The van der Waals surface area contributed by atoms with E-state index in [-0.39, 0.29) is 15.1 Å². The molecule has 0 atom stereocenters. The van der Waals surface area contributed by atoms with Crippen LogP contribution in [0, 0.1) is 12.7 Å². The number of nitrogens with two attached hydrogens (primary N) is 1. The molecule has 21 heavy (non-hydrogen) atoms. The average molecular weight is 438 g/mol. The van der Waals surface area contributed by atoms with Crippen molar-refractivity contribution < 1.29 is 12.8 Å². The minimum atomic E-state index is -3.88. The lowest BCUT2D eigenvalue weighted by Gasteiger charge is -2.11. The van der Waals surface area contributed by atoms with Gasteiger partial charge in [-0.25, -0.2) is 12.8 Å². The second-order valence-corrected chi connectivity index (χ2v) is 7.85. The van der Waals surface area contributed by atoms with Gasteiger partial charge < -0.3 is 5.73 Å². The van der Waals surface area contributed by atoms with Gasteiger partial charge >= 0.3 is 0 Å². The third kappa shape index (κ3) is 3.75. The molecule has 0 aliphatic rings. The molecular weight excluding hydrogens is 427 g/mol. The van der Waals surface area contributed by atoms with Gasteiger partial charge in [-0.2, -0.15) is 0 Å². The van der Waals surface area contributed by atoms with Crippen molar-refractivity contribution in [3.8, 4) is 0 Å².